The average Bonchev–Trinajstić information content (AvgIpc) is 2.53. The van der Waals surface area contributed by atoms with Gasteiger partial charge in [-0.25, -0.2) is 0 Å². The molecule has 0 aromatic heterocycles. The molecule has 4 N–H and O–H groups in total. The second-order valence-electron chi connectivity index (χ2n) is 5.68. The fraction of sp³-hybridized carbons (Fsp3) is 0.294. The minimum Gasteiger partial charge on any atom is -0.397 e. The molecule has 1 aliphatic rings. The summed E-state index contributed by atoms with van der Waals surface area (Å²) in [6.07, 6.45) is 0. The molecule has 1 heterocycles. The number of hydrogen-bond acceptors (Lipinski definition) is 4. The number of halogens is 1. The molecule has 4 nitrogen and oxygen atoms in total. The van der Waals surface area contributed by atoms with Crippen molar-refractivity contribution in [3.8, 4) is 0 Å². The van der Waals surface area contributed by atoms with Crippen LogP contribution in [-0.2, 0) is 6.54 Å². The highest BCUT2D eigenvalue weighted by Gasteiger charge is 2.19. The third-order valence-corrected chi connectivity index (χ3v) is 4.42. The molecule has 0 amide bonds. The Hall–Kier alpha value is -1.91. The zero-order valence-corrected chi connectivity index (χ0v) is 13.3. The normalized spacial score (nSPS) is 16.0. The predicted molar refractivity (Wildman–Crippen MR) is 94.2 cm³/mol. The maximum atomic E-state index is 6.31. The number of anilines is 3. The summed E-state index contributed by atoms with van der Waals surface area (Å²) < 4.78 is 0. The smallest absolute Gasteiger partial charge is 0.0661 e. The highest BCUT2D eigenvalue weighted by atomic mass is 35.5. The maximum Gasteiger partial charge on any atom is 0.0661 e. The van der Waals surface area contributed by atoms with E-state index in [1.807, 2.05) is 6.07 Å². The number of nitrogens with two attached hydrogens (primary N) is 2. The fourth-order valence-electron chi connectivity index (χ4n) is 2.82. The molecule has 2 aromatic rings. The molecule has 0 saturated carbocycles. The lowest BCUT2D eigenvalue weighted by Crippen LogP contribution is -2.46. The second kappa shape index (κ2) is 6.46. The van der Waals surface area contributed by atoms with Gasteiger partial charge in [0, 0.05) is 32.7 Å². The molecule has 0 radical (unpaired) electrons. The van der Waals surface area contributed by atoms with Crippen molar-refractivity contribution < 1.29 is 0 Å². The molecule has 1 aliphatic heterocycles. The first kappa shape index (κ1) is 15.0. The van der Waals surface area contributed by atoms with Gasteiger partial charge in [-0.3, -0.25) is 4.90 Å². The van der Waals surface area contributed by atoms with Crippen LogP contribution < -0.4 is 16.4 Å². The van der Waals surface area contributed by atoms with Crippen LogP contribution in [0.5, 0.6) is 0 Å². The maximum absolute atomic E-state index is 6.31. The van der Waals surface area contributed by atoms with Crippen LogP contribution in [0.2, 0.25) is 5.02 Å². The molecule has 1 saturated heterocycles. The summed E-state index contributed by atoms with van der Waals surface area (Å²) in [4.78, 5) is 4.74. The molecule has 5 heteroatoms. The van der Waals surface area contributed by atoms with E-state index in [1.54, 1.807) is 6.07 Å². The van der Waals surface area contributed by atoms with Crippen molar-refractivity contribution >= 4 is 28.7 Å². The van der Waals surface area contributed by atoms with E-state index in [0.717, 1.165) is 38.4 Å². The Labute approximate surface area is 136 Å². The monoisotopic (exact) mass is 316 g/mol. The van der Waals surface area contributed by atoms with Gasteiger partial charge in [0.25, 0.3) is 0 Å². The van der Waals surface area contributed by atoms with E-state index in [0.29, 0.717) is 16.4 Å². The number of nitrogens with zero attached hydrogens (tertiary/aromatic N) is 2. The predicted octanol–water partition coefficient (Wildman–Crippen LogP) is 2.83. The van der Waals surface area contributed by atoms with Gasteiger partial charge in [-0.2, -0.15) is 0 Å². The second-order valence-corrected chi connectivity index (χ2v) is 6.09. The molecule has 2 aromatic carbocycles. The SMILES string of the molecule is Nc1cc(Cl)c(N2CCN(Cc3ccccc3)CC2)cc1N. The van der Waals surface area contributed by atoms with E-state index in [1.165, 1.54) is 5.56 Å². The zero-order valence-electron chi connectivity index (χ0n) is 12.5. The van der Waals surface area contributed by atoms with Crippen LogP contribution >= 0.6 is 11.6 Å². The first-order chi connectivity index (χ1) is 10.6. The van der Waals surface area contributed by atoms with Crippen LogP contribution in [-0.4, -0.2) is 31.1 Å². The lowest BCUT2D eigenvalue weighted by Gasteiger charge is -2.36. The first-order valence-electron chi connectivity index (χ1n) is 7.49. The number of nitrogen functional groups attached to an aromatic ring is 2. The van der Waals surface area contributed by atoms with Crippen molar-refractivity contribution in [3.05, 3.63) is 53.1 Å². The van der Waals surface area contributed by atoms with Crippen molar-refractivity contribution in [1.29, 1.82) is 0 Å². The molecule has 3 rings (SSSR count). The van der Waals surface area contributed by atoms with Crippen molar-refractivity contribution in [1.82, 2.24) is 4.90 Å². The molecule has 22 heavy (non-hydrogen) atoms. The van der Waals surface area contributed by atoms with Crippen LogP contribution in [0, 0.1) is 0 Å². The van der Waals surface area contributed by atoms with Gasteiger partial charge in [0.15, 0.2) is 0 Å². The van der Waals surface area contributed by atoms with Crippen LogP contribution in [0.3, 0.4) is 0 Å². The Morgan fingerprint density at radius 3 is 2.23 bits per heavy atom. The lowest BCUT2D eigenvalue weighted by atomic mass is 10.1. The van der Waals surface area contributed by atoms with Gasteiger partial charge < -0.3 is 16.4 Å². The summed E-state index contributed by atoms with van der Waals surface area (Å²) in [7, 11) is 0. The van der Waals surface area contributed by atoms with E-state index >= 15 is 0 Å². The van der Waals surface area contributed by atoms with E-state index in [-0.39, 0.29) is 0 Å². The van der Waals surface area contributed by atoms with Crippen LogP contribution in [0.1, 0.15) is 5.56 Å². The van der Waals surface area contributed by atoms with Gasteiger partial charge in [-0.05, 0) is 17.7 Å². The summed E-state index contributed by atoms with van der Waals surface area (Å²) in [6, 6.07) is 14.2. The van der Waals surface area contributed by atoms with Gasteiger partial charge in [0.2, 0.25) is 0 Å². The van der Waals surface area contributed by atoms with Crippen molar-refractivity contribution in [2.75, 3.05) is 42.5 Å². The number of piperazine rings is 1. The molecular formula is C17H21ClN4. The number of rotatable bonds is 3. The number of hydrogen-bond donors (Lipinski definition) is 2. The summed E-state index contributed by atoms with van der Waals surface area (Å²) in [5.41, 5.74) is 15.2. The molecule has 0 spiro atoms. The Bertz CT molecular complexity index is 637. The molecule has 0 aliphatic carbocycles. The fourth-order valence-corrected chi connectivity index (χ4v) is 3.12. The third-order valence-electron chi connectivity index (χ3n) is 4.11. The van der Waals surface area contributed by atoms with Gasteiger partial charge in [-0.1, -0.05) is 41.9 Å². The molecular weight excluding hydrogens is 296 g/mol. The average molecular weight is 317 g/mol. The molecule has 0 atom stereocenters. The van der Waals surface area contributed by atoms with Gasteiger partial charge >= 0.3 is 0 Å². The topological polar surface area (TPSA) is 58.5 Å². The Morgan fingerprint density at radius 2 is 1.55 bits per heavy atom. The van der Waals surface area contributed by atoms with Gasteiger partial charge in [0.1, 0.15) is 0 Å². The Kier molecular flexibility index (Phi) is 4.41. The van der Waals surface area contributed by atoms with Gasteiger partial charge in [0.05, 0.1) is 22.1 Å². The Morgan fingerprint density at radius 1 is 0.909 bits per heavy atom. The highest BCUT2D eigenvalue weighted by molar-refractivity contribution is 6.33. The van der Waals surface area contributed by atoms with Crippen LogP contribution in [0.4, 0.5) is 17.1 Å². The lowest BCUT2D eigenvalue weighted by molar-refractivity contribution is 0.250. The highest BCUT2D eigenvalue weighted by Crippen LogP contribution is 2.32. The molecule has 1 fully saturated rings. The summed E-state index contributed by atoms with van der Waals surface area (Å²) in [5, 5.41) is 0.670. The standard InChI is InChI=1S/C17H21ClN4/c18-14-10-15(19)16(20)11-17(14)22-8-6-21(7-9-22)12-13-4-2-1-3-5-13/h1-5,10-11H,6-9,12,19-20H2. The largest absolute Gasteiger partial charge is 0.397 e. The van der Waals surface area contributed by atoms with Gasteiger partial charge in [-0.15, -0.1) is 0 Å². The van der Waals surface area contributed by atoms with Crippen molar-refractivity contribution in [2.24, 2.45) is 0 Å². The third kappa shape index (κ3) is 3.29. The molecule has 0 unspecified atom stereocenters. The first-order valence-corrected chi connectivity index (χ1v) is 7.87. The zero-order chi connectivity index (χ0) is 15.5. The summed E-state index contributed by atoms with van der Waals surface area (Å²) in [6.45, 7) is 4.89. The van der Waals surface area contributed by atoms with E-state index in [2.05, 4.69) is 40.1 Å². The van der Waals surface area contributed by atoms with Crippen molar-refractivity contribution in [3.63, 3.8) is 0 Å². The van der Waals surface area contributed by atoms with Crippen LogP contribution in [0.15, 0.2) is 42.5 Å². The van der Waals surface area contributed by atoms with E-state index in [9.17, 15) is 0 Å². The Balaban J connectivity index is 1.63. The van der Waals surface area contributed by atoms with Crippen LogP contribution in [0.25, 0.3) is 0 Å². The minimum absolute atomic E-state index is 0.538. The molecule has 116 valence electrons. The van der Waals surface area contributed by atoms with E-state index in [4.69, 9.17) is 23.1 Å². The number of benzene rings is 2. The van der Waals surface area contributed by atoms with Crippen molar-refractivity contribution in [2.45, 2.75) is 6.54 Å². The summed E-state index contributed by atoms with van der Waals surface area (Å²) >= 11 is 6.31. The quantitative estimate of drug-likeness (QED) is 0.855. The summed E-state index contributed by atoms with van der Waals surface area (Å²) in [5.74, 6) is 0. The van der Waals surface area contributed by atoms with E-state index < -0.39 is 0 Å². The molecule has 0 bridgehead atoms. The minimum atomic E-state index is 0.538.